The number of amides is 1. The number of aromatic nitrogens is 3. The van der Waals surface area contributed by atoms with Crippen molar-refractivity contribution in [1.82, 2.24) is 19.7 Å². The summed E-state index contributed by atoms with van der Waals surface area (Å²) in [4.78, 5) is 14.3. The molecule has 0 unspecified atom stereocenters. The van der Waals surface area contributed by atoms with Crippen LogP contribution in [0.3, 0.4) is 0 Å². The van der Waals surface area contributed by atoms with E-state index in [0.717, 1.165) is 24.2 Å². The minimum absolute atomic E-state index is 0.0133. The minimum Gasteiger partial charge on any atom is -0.497 e. The number of thioether (sulfide) groups is 1. The van der Waals surface area contributed by atoms with Gasteiger partial charge in [0.05, 0.1) is 18.4 Å². The number of rotatable bonds is 8. The van der Waals surface area contributed by atoms with Gasteiger partial charge in [0, 0.05) is 19.6 Å². The number of nitrogens with zero attached hydrogens (tertiary/aromatic N) is 4. The summed E-state index contributed by atoms with van der Waals surface area (Å²) < 4.78 is 21.5. The highest BCUT2D eigenvalue weighted by Crippen LogP contribution is 2.41. The van der Waals surface area contributed by atoms with Crippen molar-refractivity contribution >= 4 is 17.7 Å². The van der Waals surface area contributed by atoms with E-state index in [4.69, 9.17) is 4.74 Å². The number of halogens is 1. The number of carbonyl (C=O) groups is 1. The Morgan fingerprint density at radius 3 is 2.77 bits per heavy atom. The molecule has 0 spiro atoms. The van der Waals surface area contributed by atoms with Crippen LogP contribution in [-0.4, -0.2) is 45.5 Å². The van der Waals surface area contributed by atoms with E-state index in [0.29, 0.717) is 23.1 Å². The van der Waals surface area contributed by atoms with Crippen LogP contribution >= 0.6 is 11.8 Å². The molecule has 30 heavy (non-hydrogen) atoms. The van der Waals surface area contributed by atoms with Gasteiger partial charge in [-0.15, -0.1) is 10.2 Å². The third kappa shape index (κ3) is 4.48. The highest BCUT2D eigenvalue weighted by Gasteiger charge is 2.31. The summed E-state index contributed by atoms with van der Waals surface area (Å²) >= 11 is 1.34. The van der Waals surface area contributed by atoms with Crippen LogP contribution in [0, 0.1) is 5.82 Å². The Bertz CT molecular complexity index is 1050. The zero-order chi connectivity index (χ0) is 21.1. The average Bonchev–Trinajstić information content (AvgIpc) is 3.51. The number of ether oxygens (including phenoxy) is 1. The van der Waals surface area contributed by atoms with E-state index < -0.39 is 0 Å². The van der Waals surface area contributed by atoms with Crippen LogP contribution in [0.1, 0.15) is 24.4 Å². The third-order valence-corrected chi connectivity index (χ3v) is 5.92. The van der Waals surface area contributed by atoms with Crippen LogP contribution in [0.2, 0.25) is 0 Å². The Balaban J connectivity index is 1.44. The average molecular weight is 427 g/mol. The van der Waals surface area contributed by atoms with Gasteiger partial charge >= 0.3 is 0 Å². The number of carbonyl (C=O) groups excluding carboxylic acids is 1. The lowest BCUT2D eigenvalue weighted by Crippen LogP contribution is -2.27. The quantitative estimate of drug-likeness (QED) is 0.506. The number of hydrogen-bond acceptors (Lipinski definition) is 5. The Morgan fingerprint density at radius 2 is 2.03 bits per heavy atom. The van der Waals surface area contributed by atoms with Gasteiger partial charge in [-0.3, -0.25) is 9.36 Å². The van der Waals surface area contributed by atoms with Crippen molar-refractivity contribution in [2.75, 3.05) is 19.9 Å². The first kappa shape index (κ1) is 20.4. The molecule has 0 atom stereocenters. The molecule has 1 fully saturated rings. The van der Waals surface area contributed by atoms with Crippen molar-refractivity contribution in [3.8, 4) is 17.1 Å². The SMILES string of the molecule is COc1cccc(CN(C)C(=O)CSc2nnc(-c3ccccc3F)n2C2CC2)c1. The molecule has 1 aliphatic carbocycles. The Morgan fingerprint density at radius 1 is 1.23 bits per heavy atom. The summed E-state index contributed by atoms with van der Waals surface area (Å²) in [7, 11) is 3.40. The molecule has 3 aromatic rings. The first-order valence-corrected chi connectivity index (χ1v) is 10.7. The van der Waals surface area contributed by atoms with Gasteiger partial charge in [-0.2, -0.15) is 0 Å². The molecule has 0 aliphatic heterocycles. The van der Waals surface area contributed by atoms with E-state index in [2.05, 4.69) is 10.2 Å². The topological polar surface area (TPSA) is 60.2 Å². The van der Waals surface area contributed by atoms with Crippen molar-refractivity contribution in [3.05, 3.63) is 59.9 Å². The van der Waals surface area contributed by atoms with Crippen molar-refractivity contribution < 1.29 is 13.9 Å². The Labute approximate surface area is 179 Å². The maximum Gasteiger partial charge on any atom is 0.233 e. The van der Waals surface area contributed by atoms with Gasteiger partial charge in [0.15, 0.2) is 11.0 Å². The molecule has 0 saturated heterocycles. The summed E-state index contributed by atoms with van der Waals surface area (Å²) in [5.41, 5.74) is 1.43. The number of hydrogen-bond donors (Lipinski definition) is 0. The molecule has 0 bridgehead atoms. The molecule has 1 aliphatic rings. The summed E-state index contributed by atoms with van der Waals surface area (Å²) in [6, 6.07) is 14.5. The van der Waals surface area contributed by atoms with Gasteiger partial charge in [-0.1, -0.05) is 36.0 Å². The molecule has 1 aromatic heterocycles. The molecule has 4 rings (SSSR count). The molecule has 2 aromatic carbocycles. The van der Waals surface area contributed by atoms with Crippen LogP contribution in [-0.2, 0) is 11.3 Å². The fourth-order valence-electron chi connectivity index (χ4n) is 3.23. The maximum atomic E-state index is 14.3. The van der Waals surface area contributed by atoms with Crippen LogP contribution < -0.4 is 4.74 Å². The lowest BCUT2D eigenvalue weighted by molar-refractivity contribution is -0.127. The highest BCUT2D eigenvalue weighted by molar-refractivity contribution is 7.99. The summed E-state index contributed by atoms with van der Waals surface area (Å²) in [5, 5.41) is 9.14. The van der Waals surface area contributed by atoms with Gasteiger partial charge < -0.3 is 9.64 Å². The molecule has 8 heteroatoms. The summed E-state index contributed by atoms with van der Waals surface area (Å²) in [6.45, 7) is 0.492. The number of benzene rings is 2. The van der Waals surface area contributed by atoms with Crippen molar-refractivity contribution in [2.45, 2.75) is 30.6 Å². The lowest BCUT2D eigenvalue weighted by Gasteiger charge is -2.17. The monoisotopic (exact) mass is 426 g/mol. The molecular formula is C22H23FN4O2S. The Kier molecular flexibility index (Phi) is 6.03. The van der Waals surface area contributed by atoms with Crippen LogP contribution in [0.5, 0.6) is 5.75 Å². The number of methoxy groups -OCH3 is 1. The molecule has 0 radical (unpaired) electrons. The van der Waals surface area contributed by atoms with Crippen LogP contribution in [0.4, 0.5) is 4.39 Å². The Hall–Kier alpha value is -2.87. The van der Waals surface area contributed by atoms with Crippen molar-refractivity contribution in [2.24, 2.45) is 0 Å². The van der Waals surface area contributed by atoms with E-state index in [1.165, 1.54) is 17.8 Å². The fraction of sp³-hybridized carbons (Fsp3) is 0.318. The second kappa shape index (κ2) is 8.87. The van der Waals surface area contributed by atoms with Gasteiger partial charge in [-0.25, -0.2) is 4.39 Å². The van der Waals surface area contributed by atoms with E-state index in [-0.39, 0.29) is 23.5 Å². The lowest BCUT2D eigenvalue weighted by atomic mass is 10.2. The van der Waals surface area contributed by atoms with Crippen molar-refractivity contribution in [3.63, 3.8) is 0 Å². The van der Waals surface area contributed by atoms with E-state index >= 15 is 0 Å². The predicted octanol–water partition coefficient (Wildman–Crippen LogP) is 4.18. The zero-order valence-corrected chi connectivity index (χ0v) is 17.7. The summed E-state index contributed by atoms with van der Waals surface area (Å²) in [6.07, 6.45) is 2.02. The fourth-order valence-corrected chi connectivity index (χ4v) is 4.18. The predicted molar refractivity (Wildman–Crippen MR) is 114 cm³/mol. The van der Waals surface area contributed by atoms with Crippen molar-refractivity contribution in [1.29, 1.82) is 0 Å². The van der Waals surface area contributed by atoms with Gasteiger partial charge in [0.1, 0.15) is 11.6 Å². The van der Waals surface area contributed by atoms with Gasteiger partial charge in [-0.05, 0) is 42.7 Å². The second-order valence-corrected chi connectivity index (χ2v) is 8.22. The van der Waals surface area contributed by atoms with E-state index in [9.17, 15) is 9.18 Å². The van der Waals surface area contributed by atoms with E-state index in [1.54, 1.807) is 37.3 Å². The largest absolute Gasteiger partial charge is 0.497 e. The molecule has 6 nitrogen and oxygen atoms in total. The standard InChI is InChI=1S/C22H23FN4O2S/c1-26(13-15-6-5-7-17(12-15)29-2)20(28)14-30-22-25-24-21(27(22)16-10-11-16)18-8-3-4-9-19(18)23/h3-9,12,16H,10-11,13-14H2,1-2H3. The van der Waals surface area contributed by atoms with Gasteiger partial charge in [0.25, 0.3) is 0 Å². The summed E-state index contributed by atoms with van der Waals surface area (Å²) in [5.74, 6) is 1.19. The molecular weight excluding hydrogens is 403 g/mol. The minimum atomic E-state index is -0.322. The van der Waals surface area contributed by atoms with Gasteiger partial charge in [0.2, 0.25) is 5.91 Å². The van der Waals surface area contributed by atoms with Crippen LogP contribution in [0.15, 0.2) is 53.7 Å². The molecule has 0 N–H and O–H groups in total. The molecule has 156 valence electrons. The molecule has 1 amide bonds. The van der Waals surface area contributed by atoms with E-state index in [1.807, 2.05) is 28.8 Å². The highest BCUT2D eigenvalue weighted by atomic mass is 32.2. The normalized spacial score (nSPS) is 13.3. The molecule has 1 saturated carbocycles. The second-order valence-electron chi connectivity index (χ2n) is 7.28. The first-order chi connectivity index (χ1) is 14.6. The smallest absolute Gasteiger partial charge is 0.233 e. The molecule has 1 heterocycles. The first-order valence-electron chi connectivity index (χ1n) is 9.76. The zero-order valence-electron chi connectivity index (χ0n) is 16.9. The maximum absolute atomic E-state index is 14.3. The van der Waals surface area contributed by atoms with Crippen LogP contribution in [0.25, 0.3) is 11.4 Å². The third-order valence-electron chi connectivity index (χ3n) is 5.00.